The third-order valence-electron chi connectivity index (χ3n) is 6.34. The van der Waals surface area contributed by atoms with Gasteiger partial charge in [-0.2, -0.15) is 0 Å². The molecular weight excluding hydrogens is 260 g/mol. The van der Waals surface area contributed by atoms with E-state index in [0.29, 0.717) is 17.9 Å². The van der Waals surface area contributed by atoms with Gasteiger partial charge >= 0.3 is 0 Å². The van der Waals surface area contributed by atoms with E-state index >= 15 is 0 Å². The number of hydrogen-bond donors (Lipinski definition) is 1. The highest BCUT2D eigenvalue weighted by atomic mass is 16.2. The summed E-state index contributed by atoms with van der Waals surface area (Å²) in [5.74, 6) is 1.07. The normalized spacial score (nSPS) is 31.5. The highest BCUT2D eigenvalue weighted by molar-refractivity contribution is 5.89. The number of hydrogen-bond acceptors (Lipinski definition) is 2. The van der Waals surface area contributed by atoms with Crippen LogP contribution in [0.1, 0.15) is 79.1 Å². The fourth-order valence-electron chi connectivity index (χ4n) is 4.58. The molecule has 3 nitrogen and oxygen atoms in total. The molecule has 2 aliphatic carbocycles. The lowest BCUT2D eigenvalue weighted by Gasteiger charge is -2.40. The predicted molar refractivity (Wildman–Crippen MR) is 85.8 cm³/mol. The summed E-state index contributed by atoms with van der Waals surface area (Å²) in [6.45, 7) is 9.03. The van der Waals surface area contributed by atoms with Crippen LogP contribution in [-0.2, 0) is 4.79 Å². The Kier molecular flexibility index (Phi) is 3.84. The van der Waals surface area contributed by atoms with Crippen molar-refractivity contribution in [3.63, 3.8) is 0 Å². The largest absolute Gasteiger partial charge is 0.322 e. The maximum atomic E-state index is 13.2. The Balaban J connectivity index is 1.90. The molecule has 3 fully saturated rings. The molecule has 0 radical (unpaired) electrons. The second-order valence-corrected chi connectivity index (χ2v) is 8.68. The molecule has 3 rings (SSSR count). The third kappa shape index (κ3) is 2.52. The van der Waals surface area contributed by atoms with Crippen LogP contribution in [0.2, 0.25) is 0 Å². The Labute approximate surface area is 129 Å². The molecule has 1 aliphatic heterocycles. The van der Waals surface area contributed by atoms with E-state index in [1.54, 1.807) is 0 Å². The molecule has 1 amide bonds. The Morgan fingerprint density at radius 2 is 1.71 bits per heavy atom. The fraction of sp³-hybridized carbons (Fsp3) is 0.944. The van der Waals surface area contributed by atoms with E-state index in [1.165, 1.54) is 38.5 Å². The van der Waals surface area contributed by atoms with Crippen LogP contribution in [-0.4, -0.2) is 28.6 Å². The first kappa shape index (κ1) is 15.3. The summed E-state index contributed by atoms with van der Waals surface area (Å²) in [4.78, 5) is 15.5. The molecule has 3 heteroatoms. The van der Waals surface area contributed by atoms with E-state index in [2.05, 4.69) is 37.9 Å². The lowest BCUT2D eigenvalue weighted by molar-refractivity contribution is -0.137. The van der Waals surface area contributed by atoms with Crippen molar-refractivity contribution < 1.29 is 4.79 Å². The van der Waals surface area contributed by atoms with Crippen molar-refractivity contribution in [3.8, 4) is 0 Å². The molecule has 0 aromatic carbocycles. The molecule has 1 N–H and O–H groups in total. The minimum Gasteiger partial charge on any atom is -0.322 e. The monoisotopic (exact) mass is 292 g/mol. The van der Waals surface area contributed by atoms with Gasteiger partial charge in [0.15, 0.2) is 0 Å². The average molecular weight is 292 g/mol. The maximum absolute atomic E-state index is 13.2. The molecule has 3 aliphatic rings. The fourth-order valence-corrected chi connectivity index (χ4v) is 4.58. The standard InChI is InChI=1S/C18H32N2O/c1-13(17(2,3)4)20-15(14-9-5-6-10-14)19-18(16(20)21)11-7-8-12-18/h13-15,19H,5-12H2,1-4H3. The zero-order valence-electron chi connectivity index (χ0n) is 14.2. The summed E-state index contributed by atoms with van der Waals surface area (Å²) in [5, 5.41) is 3.84. The first-order valence-electron chi connectivity index (χ1n) is 8.96. The lowest BCUT2D eigenvalue weighted by atomic mass is 9.85. The van der Waals surface area contributed by atoms with Crippen molar-refractivity contribution in [1.29, 1.82) is 0 Å². The van der Waals surface area contributed by atoms with Gasteiger partial charge in [0.1, 0.15) is 0 Å². The lowest BCUT2D eigenvalue weighted by Crippen LogP contribution is -2.51. The predicted octanol–water partition coefficient (Wildman–Crippen LogP) is 3.68. The van der Waals surface area contributed by atoms with Crippen LogP contribution in [0.5, 0.6) is 0 Å². The molecule has 120 valence electrons. The summed E-state index contributed by atoms with van der Waals surface area (Å²) >= 11 is 0. The summed E-state index contributed by atoms with van der Waals surface area (Å²) in [6, 6.07) is 0.295. The molecule has 21 heavy (non-hydrogen) atoms. The molecule has 2 unspecified atom stereocenters. The smallest absolute Gasteiger partial charge is 0.244 e. The van der Waals surface area contributed by atoms with Crippen molar-refractivity contribution >= 4 is 5.91 Å². The van der Waals surface area contributed by atoms with Gasteiger partial charge in [-0.25, -0.2) is 0 Å². The minimum absolute atomic E-state index is 0.137. The summed E-state index contributed by atoms with van der Waals surface area (Å²) in [7, 11) is 0. The van der Waals surface area contributed by atoms with Crippen molar-refractivity contribution in [1.82, 2.24) is 10.2 Å². The summed E-state index contributed by atoms with van der Waals surface area (Å²) in [5.41, 5.74) is -0.0783. The van der Waals surface area contributed by atoms with Gasteiger partial charge in [-0.05, 0) is 43.9 Å². The molecule has 1 heterocycles. The highest BCUT2D eigenvalue weighted by Gasteiger charge is 2.56. The van der Waals surface area contributed by atoms with E-state index < -0.39 is 0 Å². The number of carbonyl (C=O) groups excluding carboxylic acids is 1. The molecule has 0 aromatic heterocycles. The van der Waals surface area contributed by atoms with Gasteiger partial charge in [-0.15, -0.1) is 0 Å². The number of nitrogens with zero attached hydrogens (tertiary/aromatic N) is 1. The first-order valence-corrected chi connectivity index (χ1v) is 8.96. The van der Waals surface area contributed by atoms with E-state index in [0.717, 1.165) is 12.8 Å². The first-order chi connectivity index (χ1) is 9.85. The van der Waals surface area contributed by atoms with Crippen molar-refractivity contribution in [3.05, 3.63) is 0 Å². The van der Waals surface area contributed by atoms with Gasteiger partial charge in [-0.1, -0.05) is 46.5 Å². The third-order valence-corrected chi connectivity index (χ3v) is 6.34. The average Bonchev–Trinajstić information content (AvgIpc) is 3.12. The Hall–Kier alpha value is -0.570. The van der Waals surface area contributed by atoms with Gasteiger partial charge in [-0.3, -0.25) is 10.1 Å². The zero-order valence-corrected chi connectivity index (χ0v) is 14.2. The topological polar surface area (TPSA) is 32.3 Å². The number of carbonyl (C=O) groups is 1. The quantitative estimate of drug-likeness (QED) is 0.842. The molecule has 0 aromatic rings. The van der Waals surface area contributed by atoms with Gasteiger partial charge in [0.05, 0.1) is 11.7 Å². The molecule has 2 atom stereocenters. The van der Waals surface area contributed by atoms with Crippen LogP contribution < -0.4 is 5.32 Å². The molecule has 1 spiro atoms. The van der Waals surface area contributed by atoms with Crippen molar-refractivity contribution in [2.75, 3.05) is 0 Å². The van der Waals surface area contributed by atoms with Crippen LogP contribution in [0.25, 0.3) is 0 Å². The van der Waals surface area contributed by atoms with E-state index in [1.807, 2.05) is 0 Å². The second-order valence-electron chi connectivity index (χ2n) is 8.68. The minimum atomic E-state index is -0.216. The van der Waals surface area contributed by atoms with Gasteiger partial charge < -0.3 is 4.90 Å². The number of amides is 1. The van der Waals surface area contributed by atoms with Crippen molar-refractivity contribution in [2.24, 2.45) is 11.3 Å². The van der Waals surface area contributed by atoms with Crippen LogP contribution in [0.15, 0.2) is 0 Å². The van der Waals surface area contributed by atoms with E-state index in [4.69, 9.17) is 0 Å². The van der Waals surface area contributed by atoms with Gasteiger partial charge in [0, 0.05) is 6.04 Å². The van der Waals surface area contributed by atoms with Crippen molar-refractivity contribution in [2.45, 2.75) is 96.8 Å². The SMILES string of the molecule is CC(N1C(=O)C2(CCCC2)NC1C1CCCC1)C(C)(C)C. The van der Waals surface area contributed by atoms with Crippen LogP contribution >= 0.6 is 0 Å². The highest BCUT2D eigenvalue weighted by Crippen LogP contribution is 2.43. The zero-order chi connectivity index (χ0) is 15.3. The van der Waals surface area contributed by atoms with Gasteiger partial charge in [0.25, 0.3) is 0 Å². The number of rotatable bonds is 2. The van der Waals surface area contributed by atoms with Crippen LogP contribution in [0.3, 0.4) is 0 Å². The molecule has 1 saturated heterocycles. The van der Waals surface area contributed by atoms with Crippen LogP contribution in [0.4, 0.5) is 0 Å². The Morgan fingerprint density at radius 1 is 1.14 bits per heavy atom. The molecular formula is C18H32N2O. The number of nitrogens with one attached hydrogen (secondary N) is 1. The van der Waals surface area contributed by atoms with E-state index in [-0.39, 0.29) is 17.1 Å². The van der Waals surface area contributed by atoms with Crippen LogP contribution in [0, 0.1) is 11.3 Å². The second kappa shape index (κ2) is 5.26. The maximum Gasteiger partial charge on any atom is 0.244 e. The van der Waals surface area contributed by atoms with Gasteiger partial charge in [0.2, 0.25) is 5.91 Å². The molecule has 2 saturated carbocycles. The Morgan fingerprint density at radius 3 is 2.24 bits per heavy atom. The summed E-state index contributed by atoms with van der Waals surface area (Å²) < 4.78 is 0. The molecule has 0 bridgehead atoms. The summed E-state index contributed by atoms with van der Waals surface area (Å²) in [6.07, 6.45) is 10.0. The van der Waals surface area contributed by atoms with E-state index in [9.17, 15) is 4.79 Å². The Bertz CT molecular complexity index is 400.